The molecule has 0 aliphatic rings. The molecule has 156 valence electrons. The van der Waals surface area contributed by atoms with Crippen molar-refractivity contribution in [2.45, 2.75) is 13.0 Å². The van der Waals surface area contributed by atoms with Crippen LogP contribution in [0.1, 0.15) is 27.3 Å². The third-order valence-corrected chi connectivity index (χ3v) is 5.97. The molecule has 0 atom stereocenters. The Kier molecular flexibility index (Phi) is 6.46. The summed E-state index contributed by atoms with van der Waals surface area (Å²) in [5, 5.41) is 10.2. The highest BCUT2D eigenvalue weighted by atomic mass is 79.9. The molecular weight excluding hydrogens is 499 g/mol. The van der Waals surface area contributed by atoms with Gasteiger partial charge in [0, 0.05) is 34.2 Å². The van der Waals surface area contributed by atoms with Crippen LogP contribution in [0, 0.1) is 0 Å². The number of imidazole rings is 1. The summed E-state index contributed by atoms with van der Waals surface area (Å²) < 4.78 is 3.09. The van der Waals surface area contributed by atoms with Crippen molar-refractivity contribution in [2.24, 2.45) is 0 Å². The van der Waals surface area contributed by atoms with Crippen molar-refractivity contribution in [2.75, 3.05) is 0 Å². The summed E-state index contributed by atoms with van der Waals surface area (Å²) in [5.41, 5.74) is 3.94. The highest BCUT2D eigenvalue weighted by Gasteiger charge is 2.14. The van der Waals surface area contributed by atoms with Gasteiger partial charge in [-0.05, 0) is 53.6 Å². The van der Waals surface area contributed by atoms with Crippen LogP contribution in [0.4, 0.5) is 0 Å². The maximum atomic E-state index is 11.1. The molecule has 7 heteroatoms. The summed E-state index contributed by atoms with van der Waals surface area (Å²) in [5.74, 6) is -0.0598. The number of hydrogen-bond donors (Lipinski definition) is 1. The third kappa shape index (κ3) is 5.18. The van der Waals surface area contributed by atoms with Gasteiger partial charge in [-0.1, -0.05) is 63.4 Å². The summed E-state index contributed by atoms with van der Waals surface area (Å²) in [6.45, 7) is 0.559. The Bertz CT molecular complexity index is 1240. The lowest BCUT2D eigenvalue weighted by molar-refractivity contribution is 0.0697. The number of benzene rings is 3. The Hall–Kier alpha value is -2.60. The Morgan fingerprint density at radius 2 is 1.65 bits per heavy atom. The maximum Gasteiger partial charge on any atom is 0.335 e. The predicted molar refractivity (Wildman–Crippen MR) is 127 cm³/mol. The van der Waals surface area contributed by atoms with Gasteiger partial charge in [-0.2, -0.15) is 0 Å². The first kappa shape index (κ1) is 21.6. The Morgan fingerprint density at radius 1 is 0.968 bits per heavy atom. The van der Waals surface area contributed by atoms with Crippen molar-refractivity contribution in [3.63, 3.8) is 0 Å². The van der Waals surface area contributed by atoms with Crippen molar-refractivity contribution >= 4 is 45.1 Å². The number of carbonyl (C=O) groups is 1. The number of nitrogens with zero attached hydrogens (tertiary/aromatic N) is 2. The van der Waals surface area contributed by atoms with Crippen molar-refractivity contribution in [1.82, 2.24) is 9.55 Å². The van der Waals surface area contributed by atoms with Gasteiger partial charge in [0.15, 0.2) is 0 Å². The molecule has 31 heavy (non-hydrogen) atoms. The Labute approximate surface area is 198 Å². The number of aromatic nitrogens is 2. The second-order valence-electron chi connectivity index (χ2n) is 7.10. The van der Waals surface area contributed by atoms with E-state index in [1.807, 2.05) is 36.5 Å². The largest absolute Gasteiger partial charge is 0.478 e. The summed E-state index contributed by atoms with van der Waals surface area (Å²) in [7, 11) is 0. The third-order valence-electron chi connectivity index (χ3n) is 4.90. The first-order chi connectivity index (χ1) is 14.9. The van der Waals surface area contributed by atoms with E-state index >= 15 is 0 Å². The molecular formula is C24H17BrCl2N2O2. The van der Waals surface area contributed by atoms with Gasteiger partial charge in [-0.3, -0.25) is 0 Å². The standard InChI is InChI=1S/C24H17BrCl2N2O2/c25-18-7-3-15(4-8-18)11-23-28-22(20-10-9-19(26)12-21(20)27)14-29(23)13-16-1-5-17(6-2-16)24(30)31/h1-10,12,14H,11,13H2,(H,30,31). The molecule has 1 heterocycles. The lowest BCUT2D eigenvalue weighted by atomic mass is 10.1. The van der Waals surface area contributed by atoms with E-state index in [9.17, 15) is 4.79 Å². The summed E-state index contributed by atoms with van der Waals surface area (Å²) in [6, 6.07) is 20.3. The van der Waals surface area contributed by atoms with Gasteiger partial charge >= 0.3 is 5.97 Å². The predicted octanol–water partition coefficient (Wildman–Crippen LogP) is 6.96. The van der Waals surface area contributed by atoms with E-state index in [0.29, 0.717) is 23.0 Å². The summed E-state index contributed by atoms with van der Waals surface area (Å²) in [6.07, 6.45) is 2.61. The zero-order chi connectivity index (χ0) is 22.0. The number of rotatable bonds is 6. The highest BCUT2D eigenvalue weighted by molar-refractivity contribution is 9.10. The molecule has 4 nitrogen and oxygen atoms in total. The second kappa shape index (κ2) is 9.27. The zero-order valence-electron chi connectivity index (χ0n) is 16.2. The molecule has 0 amide bonds. The highest BCUT2D eigenvalue weighted by Crippen LogP contribution is 2.30. The normalized spacial score (nSPS) is 10.9. The van der Waals surface area contributed by atoms with Crippen LogP contribution in [0.3, 0.4) is 0 Å². The fraction of sp³-hybridized carbons (Fsp3) is 0.0833. The van der Waals surface area contributed by atoms with Crippen molar-refractivity contribution in [1.29, 1.82) is 0 Å². The molecule has 0 saturated heterocycles. The van der Waals surface area contributed by atoms with Gasteiger partial charge in [0.25, 0.3) is 0 Å². The number of halogens is 3. The van der Waals surface area contributed by atoms with Crippen LogP contribution in [0.25, 0.3) is 11.3 Å². The number of carboxylic acids is 1. The SMILES string of the molecule is O=C(O)c1ccc(Cn2cc(-c3ccc(Cl)cc3Cl)nc2Cc2ccc(Br)cc2)cc1. The molecule has 0 unspecified atom stereocenters. The van der Waals surface area contributed by atoms with Crippen LogP contribution in [0.5, 0.6) is 0 Å². The lowest BCUT2D eigenvalue weighted by Crippen LogP contribution is -2.05. The molecule has 0 bridgehead atoms. The molecule has 0 radical (unpaired) electrons. The van der Waals surface area contributed by atoms with Gasteiger partial charge in [-0.25, -0.2) is 9.78 Å². The second-order valence-corrected chi connectivity index (χ2v) is 8.86. The lowest BCUT2D eigenvalue weighted by Gasteiger charge is -2.09. The fourth-order valence-electron chi connectivity index (χ4n) is 3.29. The van der Waals surface area contributed by atoms with Gasteiger partial charge in [0.2, 0.25) is 0 Å². The fourth-order valence-corrected chi connectivity index (χ4v) is 4.06. The summed E-state index contributed by atoms with van der Waals surface area (Å²) >= 11 is 15.9. The number of carboxylic acid groups (broad SMARTS) is 1. The first-order valence-corrected chi connectivity index (χ1v) is 11.0. The van der Waals surface area contributed by atoms with E-state index in [0.717, 1.165) is 32.7 Å². The van der Waals surface area contributed by atoms with E-state index in [2.05, 4.69) is 32.6 Å². The monoisotopic (exact) mass is 514 g/mol. The van der Waals surface area contributed by atoms with E-state index in [-0.39, 0.29) is 5.56 Å². The average Bonchev–Trinajstić information content (AvgIpc) is 3.12. The molecule has 0 aliphatic heterocycles. The quantitative estimate of drug-likeness (QED) is 0.302. The van der Waals surface area contributed by atoms with Crippen molar-refractivity contribution < 1.29 is 9.90 Å². The number of aromatic carboxylic acids is 1. The molecule has 0 aliphatic carbocycles. The molecule has 0 spiro atoms. The minimum atomic E-state index is -0.940. The maximum absolute atomic E-state index is 11.1. The van der Waals surface area contributed by atoms with E-state index in [1.54, 1.807) is 24.3 Å². The molecule has 1 aromatic heterocycles. The van der Waals surface area contributed by atoms with Crippen molar-refractivity contribution in [3.05, 3.63) is 110 Å². The molecule has 4 rings (SSSR count). The molecule has 3 aromatic carbocycles. The average molecular weight is 516 g/mol. The van der Waals surface area contributed by atoms with Crippen LogP contribution in [0.2, 0.25) is 10.0 Å². The minimum absolute atomic E-state index is 0.262. The van der Waals surface area contributed by atoms with Crippen molar-refractivity contribution in [3.8, 4) is 11.3 Å². The molecule has 1 N–H and O–H groups in total. The van der Waals surface area contributed by atoms with Crippen LogP contribution < -0.4 is 0 Å². The van der Waals surface area contributed by atoms with E-state index < -0.39 is 5.97 Å². The van der Waals surface area contributed by atoms with Crippen LogP contribution in [0.15, 0.2) is 77.4 Å². The topological polar surface area (TPSA) is 55.1 Å². The number of hydrogen-bond acceptors (Lipinski definition) is 2. The van der Waals surface area contributed by atoms with Gasteiger partial charge in [0.1, 0.15) is 5.82 Å². The molecule has 0 fully saturated rings. The van der Waals surface area contributed by atoms with Crippen LogP contribution >= 0.6 is 39.1 Å². The van der Waals surface area contributed by atoms with Gasteiger partial charge < -0.3 is 9.67 Å². The summed E-state index contributed by atoms with van der Waals surface area (Å²) in [4.78, 5) is 16.0. The zero-order valence-corrected chi connectivity index (χ0v) is 19.3. The van der Waals surface area contributed by atoms with Gasteiger partial charge in [-0.15, -0.1) is 0 Å². The first-order valence-electron chi connectivity index (χ1n) is 9.47. The van der Waals surface area contributed by atoms with Gasteiger partial charge in [0.05, 0.1) is 16.3 Å². The minimum Gasteiger partial charge on any atom is -0.478 e. The Morgan fingerprint density at radius 3 is 2.29 bits per heavy atom. The smallest absolute Gasteiger partial charge is 0.335 e. The van der Waals surface area contributed by atoms with Crippen LogP contribution in [-0.2, 0) is 13.0 Å². The van der Waals surface area contributed by atoms with Crippen LogP contribution in [-0.4, -0.2) is 20.6 Å². The van der Waals surface area contributed by atoms with E-state index in [4.69, 9.17) is 33.3 Å². The molecule has 0 saturated carbocycles. The molecule has 4 aromatic rings. The van der Waals surface area contributed by atoms with E-state index in [1.165, 1.54) is 0 Å². The Balaban J connectivity index is 1.71.